The van der Waals surface area contributed by atoms with Crippen LogP contribution in [0, 0.1) is 0 Å². The smallest absolute Gasteiger partial charge is 0.462 e. The molecule has 0 bridgehead atoms. The Labute approximate surface area is 372 Å². The van der Waals surface area contributed by atoms with Gasteiger partial charge in [0.05, 0.1) is 19.8 Å². The molecule has 0 aromatic rings. The summed E-state index contributed by atoms with van der Waals surface area (Å²) in [5, 5.41) is 18.4. The van der Waals surface area contributed by atoms with Crippen molar-refractivity contribution in [1.82, 2.24) is 0 Å². The fourth-order valence-corrected chi connectivity index (χ4v) is 7.33. The molecule has 0 saturated carbocycles. The molecule has 0 heterocycles. The van der Waals surface area contributed by atoms with E-state index in [4.69, 9.17) is 23.6 Å². The van der Waals surface area contributed by atoms with Gasteiger partial charge in [-0.1, -0.05) is 203 Å². The first-order valence-electron chi connectivity index (χ1n) is 24.3. The van der Waals surface area contributed by atoms with Gasteiger partial charge in [0.15, 0.2) is 6.10 Å². The maximum Gasteiger partial charge on any atom is 0.472 e. The highest BCUT2D eigenvalue weighted by molar-refractivity contribution is 7.47. The first-order chi connectivity index (χ1) is 29.7. The molecule has 3 N–H and O–H groups in total. The van der Waals surface area contributed by atoms with Crippen LogP contribution in [0.25, 0.3) is 0 Å². The third-order valence-electron chi connectivity index (χ3n) is 10.3. The average molecular weight is 881 g/mol. The van der Waals surface area contributed by atoms with Crippen LogP contribution < -0.4 is 0 Å². The molecule has 0 aliphatic heterocycles. The van der Waals surface area contributed by atoms with Crippen LogP contribution in [0.4, 0.5) is 0 Å². The Balaban J connectivity index is 4.22. The summed E-state index contributed by atoms with van der Waals surface area (Å²) in [6.07, 6.45) is 52.1. The van der Waals surface area contributed by atoms with E-state index in [0.29, 0.717) is 12.8 Å². The fraction of sp³-hybridized carbons (Fsp3) is 0.760. The lowest BCUT2D eigenvalue weighted by molar-refractivity contribution is -0.161. The number of phosphoric acid groups is 1. The summed E-state index contributed by atoms with van der Waals surface area (Å²) in [5.41, 5.74) is 0. The lowest BCUT2D eigenvalue weighted by atomic mass is 10.0. The van der Waals surface area contributed by atoms with Gasteiger partial charge in [0.1, 0.15) is 12.7 Å². The summed E-state index contributed by atoms with van der Waals surface area (Å²) in [7, 11) is -4.64. The van der Waals surface area contributed by atoms with Crippen molar-refractivity contribution in [3.05, 3.63) is 60.8 Å². The Hall–Kier alpha value is -2.33. The minimum Gasteiger partial charge on any atom is -0.462 e. The minimum atomic E-state index is -4.64. The number of carbonyl (C=O) groups is 2. The van der Waals surface area contributed by atoms with Crippen LogP contribution in [0.5, 0.6) is 0 Å². The zero-order valence-corrected chi connectivity index (χ0v) is 39.5. The summed E-state index contributed by atoms with van der Waals surface area (Å²) >= 11 is 0. The number of phosphoric ester groups is 1. The first-order valence-corrected chi connectivity index (χ1v) is 25.8. The monoisotopic (exact) mass is 881 g/mol. The van der Waals surface area contributed by atoms with Gasteiger partial charge < -0.3 is 24.6 Å². The van der Waals surface area contributed by atoms with Crippen molar-refractivity contribution >= 4 is 19.8 Å². The van der Waals surface area contributed by atoms with Gasteiger partial charge in [-0.25, -0.2) is 4.57 Å². The maximum absolute atomic E-state index is 12.6. The molecule has 0 spiro atoms. The number of allylic oxidation sites excluding steroid dienone is 10. The van der Waals surface area contributed by atoms with Crippen molar-refractivity contribution in [2.45, 2.75) is 219 Å². The number of ether oxygens (including phenoxy) is 2. The Morgan fingerprint density at radius 3 is 1.46 bits per heavy atom. The summed E-state index contributed by atoms with van der Waals surface area (Å²) < 4.78 is 32.7. The molecular weight excluding hydrogens is 792 g/mol. The van der Waals surface area contributed by atoms with Gasteiger partial charge in [0, 0.05) is 12.8 Å². The minimum absolute atomic E-state index is 0.151. The van der Waals surface area contributed by atoms with Crippen molar-refractivity contribution in [1.29, 1.82) is 0 Å². The number of aliphatic hydroxyl groups excluding tert-OH is 2. The van der Waals surface area contributed by atoms with Crippen LogP contribution in [-0.2, 0) is 32.7 Å². The number of aliphatic hydroxyl groups is 2. The second-order valence-electron chi connectivity index (χ2n) is 16.2. The van der Waals surface area contributed by atoms with E-state index in [1.165, 1.54) is 116 Å². The molecule has 0 radical (unpaired) electrons. The second kappa shape index (κ2) is 45.7. The normalized spacial score (nSPS) is 14.2. The van der Waals surface area contributed by atoms with Crippen LogP contribution in [-0.4, -0.2) is 65.7 Å². The van der Waals surface area contributed by atoms with E-state index < -0.39 is 51.8 Å². The Morgan fingerprint density at radius 1 is 0.508 bits per heavy atom. The molecule has 61 heavy (non-hydrogen) atoms. The number of unbranched alkanes of at least 4 members (excludes halogenated alkanes) is 24. The summed E-state index contributed by atoms with van der Waals surface area (Å²) in [6, 6.07) is 0. The highest BCUT2D eigenvalue weighted by Gasteiger charge is 2.27. The fourth-order valence-electron chi connectivity index (χ4n) is 6.54. The first kappa shape index (κ1) is 58.7. The van der Waals surface area contributed by atoms with E-state index >= 15 is 0 Å². The van der Waals surface area contributed by atoms with Gasteiger partial charge in [-0.2, -0.15) is 0 Å². The molecule has 0 amide bonds. The van der Waals surface area contributed by atoms with Gasteiger partial charge in [0.2, 0.25) is 0 Å². The number of hydrogen-bond acceptors (Lipinski definition) is 9. The molecule has 0 rings (SSSR count). The zero-order valence-electron chi connectivity index (χ0n) is 38.6. The highest BCUT2D eigenvalue weighted by atomic mass is 31.2. The predicted molar refractivity (Wildman–Crippen MR) is 251 cm³/mol. The average Bonchev–Trinajstić information content (AvgIpc) is 3.25. The van der Waals surface area contributed by atoms with Crippen LogP contribution in [0.3, 0.4) is 0 Å². The molecule has 1 unspecified atom stereocenters. The standard InChI is InChI=1S/C50H89O10P/c1-3-5-7-9-11-13-15-17-19-20-21-22-23-24-25-26-28-29-31-33-35-37-39-41-49(53)57-45-48(46-59-61(55,56)58-44-47(52)43-51)60-50(54)42-40-38-36-34-32-30-27-18-16-14-12-10-8-6-4-2/h6,8,10,12,14,16,18,27,33,35,47-48,51-52H,3-5,7,9,11,13,15,17,19-26,28-32,34,36-46H2,1-2H3,(H,55,56)/b8-6+,12-10+,16-14+,27-18+,35-33+/t47-,48+/m1/s1. The SMILES string of the molecule is CC/C=C/C=C/C=C/C=C/CCCCCCCC(=O)O[C@@H](COC(=O)CCC/C=C/CCCCCCCCCCCCCCCCCCCC)COP(=O)(O)OC[C@H](O)CO. The van der Waals surface area contributed by atoms with Crippen molar-refractivity contribution in [3.8, 4) is 0 Å². The number of rotatable bonds is 45. The molecule has 0 saturated heterocycles. The van der Waals surface area contributed by atoms with Gasteiger partial charge in [-0.15, -0.1) is 0 Å². The van der Waals surface area contributed by atoms with Gasteiger partial charge in [-0.3, -0.25) is 18.6 Å². The molecular formula is C50H89O10P. The predicted octanol–water partition coefficient (Wildman–Crippen LogP) is 13.5. The van der Waals surface area contributed by atoms with E-state index in [0.717, 1.165) is 51.4 Å². The van der Waals surface area contributed by atoms with Crippen molar-refractivity contribution in [3.63, 3.8) is 0 Å². The third kappa shape index (κ3) is 45.5. The van der Waals surface area contributed by atoms with Crippen molar-refractivity contribution in [2.24, 2.45) is 0 Å². The molecule has 11 heteroatoms. The number of hydrogen-bond donors (Lipinski definition) is 3. The Bertz CT molecular complexity index is 1200. The van der Waals surface area contributed by atoms with E-state index in [1.807, 2.05) is 36.5 Å². The number of carbonyl (C=O) groups excluding carboxylic acids is 2. The van der Waals surface area contributed by atoms with Crippen molar-refractivity contribution < 1.29 is 47.8 Å². The second-order valence-corrected chi connectivity index (χ2v) is 17.6. The molecule has 354 valence electrons. The summed E-state index contributed by atoms with van der Waals surface area (Å²) in [5.74, 6) is -0.988. The van der Waals surface area contributed by atoms with Gasteiger partial charge >= 0.3 is 19.8 Å². The zero-order chi connectivity index (χ0) is 44.8. The molecule has 0 fully saturated rings. The van der Waals surface area contributed by atoms with Crippen LogP contribution in [0.1, 0.15) is 206 Å². The molecule has 0 aromatic heterocycles. The van der Waals surface area contributed by atoms with Crippen molar-refractivity contribution in [2.75, 3.05) is 26.4 Å². The quantitative estimate of drug-likeness (QED) is 0.0177. The lowest BCUT2D eigenvalue weighted by Gasteiger charge is -2.20. The molecule has 0 aromatic carbocycles. The van der Waals surface area contributed by atoms with E-state index in [9.17, 15) is 24.2 Å². The largest absolute Gasteiger partial charge is 0.472 e. The lowest BCUT2D eigenvalue weighted by Crippen LogP contribution is -2.29. The topological polar surface area (TPSA) is 149 Å². The highest BCUT2D eigenvalue weighted by Crippen LogP contribution is 2.43. The Kier molecular flexibility index (Phi) is 43.9. The summed E-state index contributed by atoms with van der Waals surface area (Å²) in [6.45, 7) is 2.20. The van der Waals surface area contributed by atoms with Crippen LogP contribution in [0.15, 0.2) is 60.8 Å². The molecule has 10 nitrogen and oxygen atoms in total. The van der Waals surface area contributed by atoms with Gasteiger partial charge in [-0.05, 0) is 51.4 Å². The Morgan fingerprint density at radius 2 is 0.934 bits per heavy atom. The summed E-state index contributed by atoms with van der Waals surface area (Å²) in [4.78, 5) is 35.1. The van der Waals surface area contributed by atoms with Crippen LogP contribution in [0.2, 0.25) is 0 Å². The van der Waals surface area contributed by atoms with E-state index in [-0.39, 0.29) is 19.4 Å². The molecule has 3 atom stereocenters. The third-order valence-corrected chi connectivity index (χ3v) is 11.2. The molecule has 0 aliphatic carbocycles. The van der Waals surface area contributed by atoms with Gasteiger partial charge in [0.25, 0.3) is 0 Å². The van der Waals surface area contributed by atoms with E-state index in [1.54, 1.807) is 0 Å². The van der Waals surface area contributed by atoms with Crippen LogP contribution >= 0.6 is 7.82 Å². The number of esters is 2. The maximum atomic E-state index is 12.6. The molecule has 0 aliphatic rings. The van der Waals surface area contributed by atoms with E-state index in [2.05, 4.69) is 38.2 Å².